The van der Waals surface area contributed by atoms with E-state index < -0.39 is 0 Å². The first-order valence-corrected chi connectivity index (χ1v) is 9.20. The van der Waals surface area contributed by atoms with E-state index in [4.69, 9.17) is 27.9 Å². The molecule has 0 atom stereocenters. The van der Waals surface area contributed by atoms with Crippen LogP contribution in [0.3, 0.4) is 0 Å². The average Bonchev–Trinajstić information content (AvgIpc) is 3.13. The molecule has 0 saturated carbocycles. The number of carbonyl (C=O) groups is 1. The van der Waals surface area contributed by atoms with Gasteiger partial charge in [0, 0.05) is 11.4 Å². The molecule has 0 saturated heterocycles. The maximum atomic E-state index is 12.9. The number of carbonyl (C=O) groups excluding carboxylic acids is 1. The largest absolute Gasteiger partial charge is 0.497 e. The lowest BCUT2D eigenvalue weighted by Gasteiger charge is -2.22. The van der Waals surface area contributed by atoms with E-state index in [0.29, 0.717) is 33.1 Å². The van der Waals surface area contributed by atoms with Crippen LogP contribution < -0.4 is 15.0 Å². The molecule has 0 radical (unpaired) electrons. The molecule has 0 aromatic heterocycles. The highest BCUT2D eigenvalue weighted by molar-refractivity contribution is 8.14. The molecule has 1 N–H and O–H groups in total. The van der Waals surface area contributed by atoms with Gasteiger partial charge in [-0.2, -0.15) is 0 Å². The highest BCUT2D eigenvalue weighted by atomic mass is 35.5. The average molecular weight is 396 g/mol. The Morgan fingerprint density at radius 1 is 1.20 bits per heavy atom. The van der Waals surface area contributed by atoms with Gasteiger partial charge < -0.3 is 10.1 Å². The third-order valence-corrected chi connectivity index (χ3v) is 5.16. The summed E-state index contributed by atoms with van der Waals surface area (Å²) in [5, 5.41) is 4.30. The number of benzene rings is 2. The first-order valence-electron chi connectivity index (χ1n) is 7.46. The fraction of sp³-hybridized carbons (Fsp3) is 0.176. The number of rotatable bonds is 3. The van der Waals surface area contributed by atoms with Crippen molar-refractivity contribution < 1.29 is 9.53 Å². The van der Waals surface area contributed by atoms with Gasteiger partial charge in [-0.15, -0.1) is 0 Å². The molecule has 130 valence electrons. The predicted octanol–water partition coefficient (Wildman–Crippen LogP) is 5.14. The molecule has 1 aliphatic rings. The molecule has 1 aliphatic heterocycles. The number of nitrogens with zero attached hydrogens (tertiary/aromatic N) is 2. The van der Waals surface area contributed by atoms with Crippen LogP contribution in [0.5, 0.6) is 5.75 Å². The van der Waals surface area contributed by atoms with Gasteiger partial charge in [0.05, 0.1) is 29.4 Å². The molecule has 2 aromatic rings. The van der Waals surface area contributed by atoms with E-state index in [0.717, 1.165) is 11.5 Å². The van der Waals surface area contributed by atoms with Gasteiger partial charge >= 0.3 is 6.03 Å². The molecule has 1 heterocycles. The topological polar surface area (TPSA) is 53.9 Å². The number of anilines is 2. The Balaban J connectivity index is 1.87. The number of thioether (sulfide) groups is 1. The number of urea groups is 1. The Bertz CT molecular complexity index is 812. The van der Waals surface area contributed by atoms with Gasteiger partial charge in [0.25, 0.3) is 0 Å². The van der Waals surface area contributed by atoms with Crippen LogP contribution in [0.1, 0.15) is 0 Å². The van der Waals surface area contributed by atoms with Gasteiger partial charge in [-0.25, -0.2) is 9.69 Å². The molecule has 0 aliphatic carbocycles. The van der Waals surface area contributed by atoms with Gasteiger partial charge in [-0.05, 0) is 42.5 Å². The van der Waals surface area contributed by atoms with Crippen molar-refractivity contribution in [2.24, 2.45) is 4.99 Å². The maximum absolute atomic E-state index is 12.9. The van der Waals surface area contributed by atoms with E-state index in [1.807, 2.05) is 12.1 Å². The summed E-state index contributed by atoms with van der Waals surface area (Å²) in [6.07, 6.45) is 0. The fourth-order valence-corrected chi connectivity index (χ4v) is 3.42. The maximum Gasteiger partial charge on any atom is 0.332 e. The smallest absolute Gasteiger partial charge is 0.332 e. The zero-order valence-corrected chi connectivity index (χ0v) is 15.7. The van der Waals surface area contributed by atoms with Crippen molar-refractivity contribution in [3.63, 3.8) is 0 Å². The highest BCUT2D eigenvalue weighted by Crippen LogP contribution is 2.28. The van der Waals surface area contributed by atoms with Gasteiger partial charge in [0.15, 0.2) is 5.17 Å². The highest BCUT2D eigenvalue weighted by Gasteiger charge is 2.24. The van der Waals surface area contributed by atoms with Crippen molar-refractivity contribution in [1.82, 2.24) is 0 Å². The number of hydrogen-bond donors (Lipinski definition) is 1. The summed E-state index contributed by atoms with van der Waals surface area (Å²) in [6, 6.07) is 11.8. The van der Waals surface area contributed by atoms with Gasteiger partial charge in [-0.3, -0.25) is 4.99 Å². The number of nitrogens with one attached hydrogen (secondary N) is 1. The summed E-state index contributed by atoms with van der Waals surface area (Å²) in [7, 11) is 1.60. The molecule has 3 rings (SSSR count). The summed E-state index contributed by atoms with van der Waals surface area (Å²) in [5.74, 6) is 1.57. The number of amidine groups is 1. The van der Waals surface area contributed by atoms with Crippen LogP contribution in [0.25, 0.3) is 0 Å². The molecule has 25 heavy (non-hydrogen) atoms. The van der Waals surface area contributed by atoms with Gasteiger partial charge in [0.2, 0.25) is 0 Å². The van der Waals surface area contributed by atoms with E-state index >= 15 is 0 Å². The zero-order chi connectivity index (χ0) is 17.8. The molecular formula is C17H15Cl2N3O2S. The quantitative estimate of drug-likeness (QED) is 0.781. The number of amides is 2. The fourth-order valence-electron chi connectivity index (χ4n) is 2.26. The molecule has 2 amide bonds. The minimum Gasteiger partial charge on any atom is -0.497 e. The summed E-state index contributed by atoms with van der Waals surface area (Å²) < 4.78 is 5.17. The van der Waals surface area contributed by atoms with Crippen molar-refractivity contribution in [3.8, 4) is 5.75 Å². The lowest BCUT2D eigenvalue weighted by atomic mass is 10.3. The van der Waals surface area contributed by atoms with Crippen molar-refractivity contribution in [2.45, 2.75) is 0 Å². The normalized spacial score (nSPS) is 13.3. The number of ether oxygens (including phenoxy) is 1. The second-order valence-electron chi connectivity index (χ2n) is 5.11. The van der Waals surface area contributed by atoms with Gasteiger partial charge in [0.1, 0.15) is 5.75 Å². The second-order valence-corrected chi connectivity index (χ2v) is 6.98. The first kappa shape index (κ1) is 17.9. The number of hydrogen-bond acceptors (Lipinski definition) is 4. The van der Waals surface area contributed by atoms with Crippen LogP contribution in [0.4, 0.5) is 16.2 Å². The van der Waals surface area contributed by atoms with E-state index in [9.17, 15) is 4.79 Å². The van der Waals surface area contributed by atoms with E-state index in [1.54, 1.807) is 42.3 Å². The second kappa shape index (κ2) is 7.99. The van der Waals surface area contributed by atoms with Crippen LogP contribution >= 0.6 is 35.0 Å². The minimum absolute atomic E-state index is 0.322. The van der Waals surface area contributed by atoms with E-state index in [2.05, 4.69) is 10.3 Å². The molecule has 8 heteroatoms. The standard InChI is InChI=1S/C17H15Cl2N3O2S/c1-24-13-5-3-12(4-6-13)22(17-20-8-9-25-17)16(23)21-11-2-7-14(18)15(19)10-11/h2-7,10H,8-9H2,1H3,(H,21,23). The van der Waals surface area contributed by atoms with Crippen molar-refractivity contribution in [3.05, 3.63) is 52.5 Å². The number of aliphatic imine (C=N–C) groups is 1. The molecule has 2 aromatic carbocycles. The number of methoxy groups -OCH3 is 1. The SMILES string of the molecule is COc1ccc(N(C(=O)Nc2ccc(Cl)c(Cl)c2)C2=NCCS2)cc1. The lowest BCUT2D eigenvalue weighted by molar-refractivity contribution is 0.259. The van der Waals surface area contributed by atoms with Crippen molar-refractivity contribution >= 4 is 57.5 Å². The summed E-state index contributed by atoms with van der Waals surface area (Å²) in [5.41, 5.74) is 1.26. The third-order valence-electron chi connectivity index (χ3n) is 3.47. The summed E-state index contributed by atoms with van der Waals surface area (Å²) in [6.45, 7) is 0.687. The van der Waals surface area contributed by atoms with Crippen LogP contribution in [-0.4, -0.2) is 30.6 Å². The Hall–Kier alpha value is -1.89. The molecule has 5 nitrogen and oxygen atoms in total. The van der Waals surface area contributed by atoms with Crippen LogP contribution in [0.15, 0.2) is 47.5 Å². The predicted molar refractivity (Wildman–Crippen MR) is 106 cm³/mol. The third kappa shape index (κ3) is 4.21. The zero-order valence-electron chi connectivity index (χ0n) is 13.3. The monoisotopic (exact) mass is 395 g/mol. The molecule has 0 bridgehead atoms. The van der Waals surface area contributed by atoms with Crippen molar-refractivity contribution in [2.75, 3.05) is 29.6 Å². The summed E-state index contributed by atoms with van der Waals surface area (Å²) in [4.78, 5) is 18.8. The van der Waals surface area contributed by atoms with E-state index in [-0.39, 0.29) is 6.03 Å². The Morgan fingerprint density at radius 3 is 2.56 bits per heavy atom. The Kier molecular flexibility index (Phi) is 5.73. The van der Waals surface area contributed by atoms with Crippen LogP contribution in [-0.2, 0) is 0 Å². The molecule has 0 fully saturated rings. The Labute approximate surface area is 160 Å². The minimum atomic E-state index is -0.322. The lowest BCUT2D eigenvalue weighted by Crippen LogP contribution is -2.38. The van der Waals surface area contributed by atoms with Crippen LogP contribution in [0, 0.1) is 0 Å². The first-order chi connectivity index (χ1) is 12.1. The van der Waals surface area contributed by atoms with Crippen LogP contribution in [0.2, 0.25) is 10.0 Å². The molecule has 0 unspecified atom stereocenters. The summed E-state index contributed by atoms with van der Waals surface area (Å²) >= 11 is 13.5. The number of halogens is 2. The van der Waals surface area contributed by atoms with Gasteiger partial charge in [-0.1, -0.05) is 35.0 Å². The van der Waals surface area contributed by atoms with Crippen molar-refractivity contribution in [1.29, 1.82) is 0 Å². The molecular weight excluding hydrogens is 381 g/mol. The molecule has 0 spiro atoms. The van der Waals surface area contributed by atoms with E-state index in [1.165, 1.54) is 11.8 Å². The Morgan fingerprint density at radius 2 is 1.96 bits per heavy atom.